The monoisotopic (exact) mass is 395 g/mol. The Morgan fingerprint density at radius 3 is 2.88 bits per heavy atom. The Morgan fingerprint density at radius 1 is 1.56 bits per heavy atom. The van der Waals surface area contributed by atoms with E-state index in [-0.39, 0.29) is 10.7 Å². The maximum Gasteiger partial charge on any atom is 0.228 e. The summed E-state index contributed by atoms with van der Waals surface area (Å²) in [5.41, 5.74) is 0.862. The topological polar surface area (TPSA) is 29.5 Å². The molecule has 1 saturated heterocycles. The first-order chi connectivity index (χ1) is 7.61. The normalized spacial score (nSPS) is 20.3. The van der Waals surface area contributed by atoms with Crippen LogP contribution in [0.3, 0.4) is 0 Å². The number of carbonyl (C=O) groups is 1. The molecule has 1 aliphatic rings. The second-order valence-electron chi connectivity index (χ2n) is 3.62. The first kappa shape index (κ1) is 12.2. The zero-order valence-corrected chi connectivity index (χ0v) is 12.5. The Balaban J connectivity index is 2.39. The van der Waals surface area contributed by atoms with E-state index >= 15 is 0 Å². The summed E-state index contributed by atoms with van der Waals surface area (Å²) >= 11 is 5.71. The van der Waals surface area contributed by atoms with E-state index in [9.17, 15) is 4.79 Å². The smallest absolute Gasteiger partial charge is 0.228 e. The van der Waals surface area contributed by atoms with E-state index < -0.39 is 0 Å². The van der Waals surface area contributed by atoms with Gasteiger partial charge in [-0.25, -0.2) is 0 Å². The summed E-state index contributed by atoms with van der Waals surface area (Å²) < 4.78 is 6.38. The SMILES string of the molecule is COc1ccc(I)cc1N1CC(Br)CC1=O. The van der Waals surface area contributed by atoms with Crippen molar-refractivity contribution in [3.05, 3.63) is 21.8 Å². The van der Waals surface area contributed by atoms with Gasteiger partial charge in [0.1, 0.15) is 5.75 Å². The van der Waals surface area contributed by atoms with Crippen molar-refractivity contribution in [1.29, 1.82) is 0 Å². The van der Waals surface area contributed by atoms with Crippen molar-refractivity contribution in [1.82, 2.24) is 0 Å². The molecule has 0 bridgehead atoms. The number of carbonyl (C=O) groups excluding carboxylic acids is 1. The third-order valence-electron chi connectivity index (χ3n) is 2.51. The predicted octanol–water partition coefficient (Wildman–Crippen LogP) is 2.80. The fourth-order valence-corrected chi connectivity index (χ4v) is 2.81. The van der Waals surface area contributed by atoms with Gasteiger partial charge in [-0.3, -0.25) is 4.79 Å². The molecule has 0 radical (unpaired) electrons. The third kappa shape index (κ3) is 2.34. The van der Waals surface area contributed by atoms with Crippen LogP contribution >= 0.6 is 38.5 Å². The minimum absolute atomic E-state index is 0.141. The highest BCUT2D eigenvalue weighted by Crippen LogP contribution is 2.34. The standard InChI is InChI=1S/C11H11BrINO2/c1-16-10-3-2-8(13)5-9(10)14-6-7(12)4-11(14)15/h2-3,5,7H,4,6H2,1H3. The summed E-state index contributed by atoms with van der Waals surface area (Å²) in [6, 6.07) is 5.84. The van der Waals surface area contributed by atoms with Gasteiger partial charge in [0.05, 0.1) is 12.8 Å². The lowest BCUT2D eigenvalue weighted by atomic mass is 10.2. The van der Waals surface area contributed by atoms with Crippen LogP contribution in [0.15, 0.2) is 18.2 Å². The molecule has 0 aromatic heterocycles. The molecule has 0 N–H and O–H groups in total. The first-order valence-electron chi connectivity index (χ1n) is 4.90. The van der Waals surface area contributed by atoms with Gasteiger partial charge in [-0.15, -0.1) is 0 Å². The minimum atomic E-state index is 0.141. The summed E-state index contributed by atoms with van der Waals surface area (Å²) in [5, 5.41) is 0. The first-order valence-corrected chi connectivity index (χ1v) is 6.89. The van der Waals surface area contributed by atoms with Crippen molar-refractivity contribution in [3.8, 4) is 5.75 Å². The highest BCUT2D eigenvalue weighted by molar-refractivity contribution is 14.1. The molecule has 1 aromatic rings. The van der Waals surface area contributed by atoms with Crippen LogP contribution in [-0.4, -0.2) is 24.4 Å². The number of hydrogen-bond donors (Lipinski definition) is 0. The van der Waals surface area contributed by atoms with Crippen LogP contribution in [0.2, 0.25) is 0 Å². The molecular weight excluding hydrogens is 385 g/mol. The summed E-state index contributed by atoms with van der Waals surface area (Å²) in [4.78, 5) is 13.8. The molecule has 1 unspecified atom stereocenters. The lowest BCUT2D eigenvalue weighted by Gasteiger charge is -2.19. The van der Waals surface area contributed by atoms with Crippen LogP contribution in [0.4, 0.5) is 5.69 Å². The van der Waals surface area contributed by atoms with Crippen molar-refractivity contribution in [3.63, 3.8) is 0 Å². The van der Waals surface area contributed by atoms with Gasteiger partial charge in [0.25, 0.3) is 0 Å². The van der Waals surface area contributed by atoms with E-state index in [1.807, 2.05) is 18.2 Å². The molecule has 1 atom stereocenters. The quantitative estimate of drug-likeness (QED) is 0.569. The maximum absolute atomic E-state index is 11.8. The Bertz CT molecular complexity index is 424. The van der Waals surface area contributed by atoms with Crippen LogP contribution in [0.5, 0.6) is 5.75 Å². The molecule has 0 aliphatic carbocycles. The Morgan fingerprint density at radius 2 is 2.31 bits per heavy atom. The van der Waals surface area contributed by atoms with Gasteiger partial charge in [-0.2, -0.15) is 0 Å². The van der Waals surface area contributed by atoms with E-state index in [4.69, 9.17) is 4.74 Å². The highest BCUT2D eigenvalue weighted by Gasteiger charge is 2.30. The summed E-state index contributed by atoms with van der Waals surface area (Å²) in [6.07, 6.45) is 0.550. The van der Waals surface area contributed by atoms with Crippen molar-refractivity contribution in [2.45, 2.75) is 11.2 Å². The molecule has 1 heterocycles. The van der Waals surface area contributed by atoms with E-state index in [2.05, 4.69) is 38.5 Å². The molecule has 0 saturated carbocycles. The molecule has 5 heteroatoms. The van der Waals surface area contributed by atoms with Crippen molar-refractivity contribution in [2.75, 3.05) is 18.6 Å². The molecular formula is C11H11BrINO2. The molecule has 1 fully saturated rings. The van der Waals surface area contributed by atoms with Gasteiger partial charge in [-0.1, -0.05) is 15.9 Å². The van der Waals surface area contributed by atoms with Gasteiger partial charge >= 0.3 is 0 Å². The molecule has 1 aromatic carbocycles. The zero-order valence-electron chi connectivity index (χ0n) is 8.74. The van der Waals surface area contributed by atoms with E-state index in [1.165, 1.54) is 0 Å². The van der Waals surface area contributed by atoms with Crippen LogP contribution < -0.4 is 9.64 Å². The molecule has 16 heavy (non-hydrogen) atoms. The number of halogens is 2. The fourth-order valence-electron chi connectivity index (χ4n) is 1.77. The maximum atomic E-state index is 11.8. The molecule has 86 valence electrons. The molecule has 3 nitrogen and oxygen atoms in total. The number of benzene rings is 1. The lowest BCUT2D eigenvalue weighted by molar-refractivity contribution is -0.117. The number of amides is 1. The highest BCUT2D eigenvalue weighted by atomic mass is 127. The van der Waals surface area contributed by atoms with Gasteiger partial charge in [-0.05, 0) is 40.8 Å². The van der Waals surface area contributed by atoms with E-state index in [0.717, 1.165) is 15.0 Å². The number of ether oxygens (including phenoxy) is 1. The average molecular weight is 396 g/mol. The lowest BCUT2D eigenvalue weighted by Crippen LogP contribution is -2.25. The van der Waals surface area contributed by atoms with Crippen LogP contribution in [0.1, 0.15) is 6.42 Å². The number of rotatable bonds is 2. The van der Waals surface area contributed by atoms with Gasteiger partial charge in [0.15, 0.2) is 0 Å². The van der Waals surface area contributed by atoms with Crippen LogP contribution in [0, 0.1) is 3.57 Å². The summed E-state index contributed by atoms with van der Waals surface area (Å²) in [6.45, 7) is 0.704. The number of alkyl halides is 1. The van der Waals surface area contributed by atoms with E-state index in [1.54, 1.807) is 12.0 Å². The number of methoxy groups -OCH3 is 1. The van der Waals surface area contributed by atoms with Gasteiger partial charge < -0.3 is 9.64 Å². The van der Waals surface area contributed by atoms with Crippen molar-refractivity contribution < 1.29 is 9.53 Å². The zero-order chi connectivity index (χ0) is 11.7. The largest absolute Gasteiger partial charge is 0.495 e. The fraction of sp³-hybridized carbons (Fsp3) is 0.364. The predicted molar refractivity (Wildman–Crippen MR) is 75.4 cm³/mol. The summed E-state index contributed by atoms with van der Waals surface area (Å²) in [5.74, 6) is 0.887. The Labute approximate surface area is 116 Å². The number of nitrogens with zero attached hydrogens (tertiary/aromatic N) is 1. The molecule has 1 amide bonds. The van der Waals surface area contributed by atoms with Crippen LogP contribution in [-0.2, 0) is 4.79 Å². The number of hydrogen-bond acceptors (Lipinski definition) is 2. The minimum Gasteiger partial charge on any atom is -0.495 e. The van der Waals surface area contributed by atoms with Crippen molar-refractivity contribution in [2.24, 2.45) is 0 Å². The molecule has 2 rings (SSSR count). The van der Waals surface area contributed by atoms with E-state index in [0.29, 0.717) is 13.0 Å². The third-order valence-corrected chi connectivity index (χ3v) is 3.79. The van der Waals surface area contributed by atoms with Gasteiger partial charge in [0, 0.05) is 21.4 Å². The number of anilines is 1. The summed E-state index contributed by atoms with van der Waals surface area (Å²) in [7, 11) is 1.62. The average Bonchev–Trinajstić information content (AvgIpc) is 2.57. The Kier molecular flexibility index (Phi) is 3.73. The van der Waals surface area contributed by atoms with Crippen molar-refractivity contribution >= 4 is 50.1 Å². The second-order valence-corrected chi connectivity index (χ2v) is 6.16. The van der Waals surface area contributed by atoms with Gasteiger partial charge in [0.2, 0.25) is 5.91 Å². The Hall–Kier alpha value is -0.300. The van der Waals surface area contributed by atoms with Crippen LogP contribution in [0.25, 0.3) is 0 Å². The second kappa shape index (κ2) is 4.91. The molecule has 0 spiro atoms. The molecule has 1 aliphatic heterocycles.